The van der Waals surface area contributed by atoms with Gasteiger partial charge in [-0.15, -0.1) is 24.0 Å². The number of sulfone groups is 1. The van der Waals surface area contributed by atoms with Crippen molar-refractivity contribution in [2.45, 2.75) is 33.7 Å². The van der Waals surface area contributed by atoms with Crippen molar-refractivity contribution in [3.63, 3.8) is 0 Å². The van der Waals surface area contributed by atoms with Crippen molar-refractivity contribution in [2.24, 2.45) is 10.4 Å². The van der Waals surface area contributed by atoms with Crippen LogP contribution in [0.1, 0.15) is 31.4 Å². The third-order valence-electron chi connectivity index (χ3n) is 3.69. The third kappa shape index (κ3) is 10.1. The highest BCUT2D eigenvalue weighted by molar-refractivity contribution is 14.0. The second kappa shape index (κ2) is 10.2. The van der Waals surface area contributed by atoms with Crippen LogP contribution in [0, 0.1) is 12.3 Å². The molecule has 0 saturated heterocycles. The Kier molecular flexibility index (Phi) is 9.87. The van der Waals surface area contributed by atoms with Gasteiger partial charge < -0.3 is 10.6 Å². The Labute approximate surface area is 163 Å². The highest BCUT2D eigenvalue weighted by Crippen LogP contribution is 2.19. The van der Waals surface area contributed by atoms with Gasteiger partial charge in [0.1, 0.15) is 9.84 Å². The van der Waals surface area contributed by atoms with Crippen LogP contribution < -0.4 is 10.6 Å². The summed E-state index contributed by atoms with van der Waals surface area (Å²) >= 11 is 0. The van der Waals surface area contributed by atoms with E-state index >= 15 is 0 Å². The van der Waals surface area contributed by atoms with E-state index in [0.29, 0.717) is 19.5 Å². The molecule has 0 heterocycles. The molecule has 0 aliphatic carbocycles. The van der Waals surface area contributed by atoms with Crippen molar-refractivity contribution in [1.82, 2.24) is 10.6 Å². The van der Waals surface area contributed by atoms with Crippen LogP contribution in [-0.4, -0.2) is 40.0 Å². The molecule has 5 nitrogen and oxygen atoms in total. The van der Waals surface area contributed by atoms with Gasteiger partial charge in [0.2, 0.25) is 0 Å². The number of aryl methyl sites for hydroxylation is 1. The first-order valence-corrected chi connectivity index (χ1v) is 9.85. The fraction of sp³-hybridized carbons (Fsp3) is 0.588. The number of hydrogen-bond acceptors (Lipinski definition) is 3. The van der Waals surface area contributed by atoms with E-state index in [-0.39, 0.29) is 35.1 Å². The first kappa shape index (κ1) is 23.2. The summed E-state index contributed by atoms with van der Waals surface area (Å²) in [5, 5.41) is 6.54. The highest BCUT2D eigenvalue weighted by atomic mass is 127. The number of halogens is 1. The van der Waals surface area contributed by atoms with Crippen LogP contribution in [0.5, 0.6) is 0 Å². The fourth-order valence-corrected chi connectivity index (χ4v) is 2.91. The van der Waals surface area contributed by atoms with Gasteiger partial charge in [0.05, 0.1) is 5.75 Å². The Morgan fingerprint density at radius 3 is 2.25 bits per heavy atom. The van der Waals surface area contributed by atoms with Crippen LogP contribution in [0.3, 0.4) is 0 Å². The Morgan fingerprint density at radius 2 is 1.75 bits per heavy atom. The minimum atomic E-state index is -2.92. The van der Waals surface area contributed by atoms with Crippen LogP contribution in [0.15, 0.2) is 29.3 Å². The van der Waals surface area contributed by atoms with Crippen LogP contribution in [-0.2, 0) is 16.4 Å². The molecule has 1 rings (SSSR count). The number of guanidine groups is 1. The minimum Gasteiger partial charge on any atom is -0.356 e. The topological polar surface area (TPSA) is 70.6 Å². The van der Waals surface area contributed by atoms with E-state index in [4.69, 9.17) is 0 Å². The fourth-order valence-electron chi connectivity index (χ4n) is 1.99. The minimum absolute atomic E-state index is 0. The van der Waals surface area contributed by atoms with E-state index in [9.17, 15) is 8.42 Å². The average Bonchev–Trinajstić information content (AvgIpc) is 2.47. The van der Waals surface area contributed by atoms with Gasteiger partial charge in [-0.3, -0.25) is 4.99 Å². The van der Waals surface area contributed by atoms with Crippen molar-refractivity contribution in [2.75, 3.05) is 25.6 Å². The lowest BCUT2D eigenvalue weighted by Gasteiger charge is -2.25. The van der Waals surface area contributed by atoms with Gasteiger partial charge in [0, 0.05) is 26.4 Å². The average molecular weight is 467 g/mol. The van der Waals surface area contributed by atoms with Gasteiger partial charge in [0.25, 0.3) is 0 Å². The Hall–Kier alpha value is -0.830. The maximum absolute atomic E-state index is 11.3. The number of hydrogen-bond donors (Lipinski definition) is 2. The molecular formula is C17H30IN3O2S. The molecule has 0 fully saturated rings. The Morgan fingerprint density at radius 1 is 1.17 bits per heavy atom. The standard InChI is InChI=1S/C17H29N3O2S.HI/c1-14-6-8-15(9-7-14)12-19-16(18-4)20-13-17(2,3)10-11-23(5,21)22;/h6-9H,10-13H2,1-5H3,(H2,18,19,20);1H. The predicted molar refractivity (Wildman–Crippen MR) is 113 cm³/mol. The van der Waals surface area contributed by atoms with Gasteiger partial charge in [-0.25, -0.2) is 8.42 Å². The van der Waals surface area contributed by atoms with Crippen molar-refractivity contribution in [3.8, 4) is 0 Å². The molecule has 2 N–H and O–H groups in total. The summed E-state index contributed by atoms with van der Waals surface area (Å²) in [6.45, 7) is 7.53. The van der Waals surface area contributed by atoms with Crippen molar-refractivity contribution < 1.29 is 8.42 Å². The zero-order valence-corrected chi connectivity index (χ0v) is 18.4. The van der Waals surface area contributed by atoms with Crippen LogP contribution in [0.4, 0.5) is 0 Å². The number of nitrogens with one attached hydrogen (secondary N) is 2. The van der Waals surface area contributed by atoms with E-state index < -0.39 is 9.84 Å². The van der Waals surface area contributed by atoms with Crippen LogP contribution in [0.25, 0.3) is 0 Å². The molecule has 0 bridgehead atoms. The molecule has 0 saturated carbocycles. The second-order valence-electron chi connectivity index (χ2n) is 6.81. The highest BCUT2D eigenvalue weighted by Gasteiger charge is 2.20. The second-order valence-corrected chi connectivity index (χ2v) is 9.07. The SMILES string of the molecule is CN=C(NCc1ccc(C)cc1)NCC(C)(C)CCS(C)(=O)=O.I. The molecule has 1 aromatic carbocycles. The van der Waals surface area contributed by atoms with Gasteiger partial charge >= 0.3 is 0 Å². The summed E-state index contributed by atoms with van der Waals surface area (Å²) in [6.07, 6.45) is 1.90. The van der Waals surface area contributed by atoms with E-state index in [1.54, 1.807) is 7.05 Å². The number of rotatable bonds is 7. The third-order valence-corrected chi connectivity index (χ3v) is 4.63. The number of aliphatic imine (C=N–C) groups is 1. The molecule has 0 aliphatic rings. The van der Waals surface area contributed by atoms with Gasteiger partial charge in [0.15, 0.2) is 5.96 Å². The first-order chi connectivity index (χ1) is 10.6. The lowest BCUT2D eigenvalue weighted by molar-refractivity contribution is 0.348. The van der Waals surface area contributed by atoms with Gasteiger partial charge in [-0.05, 0) is 24.3 Å². The maximum Gasteiger partial charge on any atom is 0.191 e. The first-order valence-electron chi connectivity index (χ1n) is 7.79. The van der Waals surface area contributed by atoms with E-state index in [1.165, 1.54) is 17.4 Å². The summed E-state index contributed by atoms with van der Waals surface area (Å²) in [7, 11) is -1.19. The summed E-state index contributed by atoms with van der Waals surface area (Å²) < 4.78 is 22.6. The molecule has 0 aliphatic heterocycles. The van der Waals surface area contributed by atoms with Crippen molar-refractivity contribution in [1.29, 1.82) is 0 Å². The molecule has 0 amide bonds. The molecule has 138 valence electrons. The zero-order chi connectivity index (χ0) is 17.5. The number of benzene rings is 1. The molecule has 1 aromatic rings. The quantitative estimate of drug-likeness (QED) is 0.368. The Balaban J connectivity index is 0.00000529. The van der Waals surface area contributed by atoms with Gasteiger partial charge in [-0.2, -0.15) is 0 Å². The summed E-state index contributed by atoms with van der Waals surface area (Å²) in [5.74, 6) is 0.926. The molecule has 0 radical (unpaired) electrons. The lowest BCUT2D eigenvalue weighted by Crippen LogP contribution is -2.42. The van der Waals surface area contributed by atoms with E-state index in [0.717, 1.165) is 5.96 Å². The normalized spacial score (nSPS) is 12.5. The predicted octanol–water partition coefficient (Wildman–Crippen LogP) is 2.74. The molecule has 24 heavy (non-hydrogen) atoms. The summed E-state index contributed by atoms with van der Waals surface area (Å²) in [5.41, 5.74) is 2.31. The van der Waals surface area contributed by atoms with E-state index in [1.807, 2.05) is 0 Å². The lowest BCUT2D eigenvalue weighted by atomic mass is 9.90. The van der Waals surface area contributed by atoms with Crippen molar-refractivity contribution in [3.05, 3.63) is 35.4 Å². The molecule has 7 heteroatoms. The van der Waals surface area contributed by atoms with Gasteiger partial charge in [-0.1, -0.05) is 43.7 Å². The number of nitrogens with zero attached hydrogens (tertiary/aromatic N) is 1. The largest absolute Gasteiger partial charge is 0.356 e. The summed E-state index contributed by atoms with van der Waals surface area (Å²) in [6, 6.07) is 8.35. The molecule has 0 aromatic heterocycles. The smallest absolute Gasteiger partial charge is 0.191 e. The Bertz CT molecular complexity index is 626. The summed E-state index contributed by atoms with van der Waals surface area (Å²) in [4.78, 5) is 4.21. The molecular weight excluding hydrogens is 437 g/mol. The molecule has 0 spiro atoms. The zero-order valence-electron chi connectivity index (χ0n) is 15.2. The van der Waals surface area contributed by atoms with Crippen LogP contribution >= 0.6 is 24.0 Å². The van der Waals surface area contributed by atoms with Crippen LogP contribution in [0.2, 0.25) is 0 Å². The molecule has 0 unspecified atom stereocenters. The van der Waals surface area contributed by atoms with Crippen molar-refractivity contribution >= 4 is 39.8 Å². The molecule has 0 atom stereocenters. The monoisotopic (exact) mass is 467 g/mol. The van der Waals surface area contributed by atoms with E-state index in [2.05, 4.69) is 60.7 Å². The maximum atomic E-state index is 11.3.